The molecule has 0 aliphatic carbocycles. The third kappa shape index (κ3) is 2.18. The van der Waals surface area contributed by atoms with E-state index >= 15 is 0 Å². The van der Waals surface area contributed by atoms with E-state index in [0.29, 0.717) is 5.56 Å². The smallest absolute Gasteiger partial charge is 0.329 e. The lowest BCUT2D eigenvalue weighted by atomic mass is 10.2. The predicted octanol–water partition coefficient (Wildman–Crippen LogP) is 1.54. The molecule has 1 heterocycles. The van der Waals surface area contributed by atoms with Crippen LogP contribution in [-0.4, -0.2) is 15.1 Å². The normalized spacial score (nSPS) is 9.59. The van der Waals surface area contributed by atoms with E-state index in [1.165, 1.54) is 24.3 Å². The van der Waals surface area contributed by atoms with Crippen molar-refractivity contribution < 1.29 is 9.34 Å². The van der Waals surface area contributed by atoms with E-state index in [9.17, 15) is 10.1 Å². The summed E-state index contributed by atoms with van der Waals surface area (Å²) >= 11 is 0. The van der Waals surface area contributed by atoms with Crippen LogP contribution >= 0.6 is 0 Å². The highest BCUT2D eigenvalue weighted by atomic mass is 16.6. The SMILES string of the molecule is N#CNc1nnc(-c2ccc([N+](=O)[O-])cc2)o1. The summed E-state index contributed by atoms with van der Waals surface area (Å²) in [6, 6.07) is 5.61. The van der Waals surface area contributed by atoms with Crippen molar-refractivity contribution >= 4 is 11.7 Å². The number of nitriles is 1. The Balaban J connectivity index is 2.27. The highest BCUT2D eigenvalue weighted by molar-refractivity contribution is 5.56. The Morgan fingerprint density at radius 3 is 2.65 bits per heavy atom. The van der Waals surface area contributed by atoms with Gasteiger partial charge in [0.1, 0.15) is 0 Å². The Kier molecular flexibility index (Phi) is 2.66. The zero-order valence-corrected chi connectivity index (χ0v) is 8.32. The van der Waals surface area contributed by atoms with Crippen LogP contribution in [0.25, 0.3) is 11.5 Å². The zero-order valence-electron chi connectivity index (χ0n) is 8.32. The van der Waals surface area contributed by atoms with E-state index in [2.05, 4.69) is 15.5 Å². The van der Waals surface area contributed by atoms with Crippen molar-refractivity contribution in [3.05, 3.63) is 34.4 Å². The molecule has 0 saturated heterocycles. The Morgan fingerprint density at radius 1 is 1.35 bits per heavy atom. The molecule has 0 unspecified atom stereocenters. The molecule has 2 aromatic rings. The minimum absolute atomic E-state index is 0.0244. The van der Waals surface area contributed by atoms with Crippen molar-refractivity contribution in [3.8, 4) is 17.6 Å². The number of non-ortho nitro benzene ring substituents is 1. The average molecular weight is 231 g/mol. The molecule has 0 spiro atoms. The van der Waals surface area contributed by atoms with Gasteiger partial charge in [0.2, 0.25) is 5.89 Å². The number of nitro benzene ring substituents is 1. The third-order valence-corrected chi connectivity index (χ3v) is 1.91. The van der Waals surface area contributed by atoms with E-state index in [1.807, 2.05) is 0 Å². The molecule has 0 saturated carbocycles. The van der Waals surface area contributed by atoms with Gasteiger partial charge >= 0.3 is 6.01 Å². The van der Waals surface area contributed by atoms with Gasteiger partial charge in [0.25, 0.3) is 5.69 Å². The standard InChI is InChI=1S/C9H5N5O3/c10-5-11-9-13-12-8(17-9)6-1-3-7(4-2-6)14(15)16/h1-4H,(H,11,13). The number of anilines is 1. The van der Waals surface area contributed by atoms with Gasteiger partial charge in [0.15, 0.2) is 6.19 Å². The molecule has 84 valence electrons. The summed E-state index contributed by atoms with van der Waals surface area (Å²) in [6.45, 7) is 0. The molecule has 0 bridgehead atoms. The van der Waals surface area contributed by atoms with Gasteiger partial charge in [0, 0.05) is 17.7 Å². The number of aromatic nitrogens is 2. The molecule has 1 aromatic carbocycles. The van der Waals surface area contributed by atoms with Crippen molar-refractivity contribution in [2.75, 3.05) is 5.32 Å². The maximum Gasteiger partial charge on any atom is 0.329 e. The van der Waals surface area contributed by atoms with Crippen LogP contribution in [0.2, 0.25) is 0 Å². The highest BCUT2D eigenvalue weighted by Gasteiger charge is 2.10. The molecule has 1 aromatic heterocycles. The maximum atomic E-state index is 10.4. The van der Waals surface area contributed by atoms with Crippen LogP contribution in [0.1, 0.15) is 0 Å². The maximum absolute atomic E-state index is 10.4. The first-order chi connectivity index (χ1) is 8.20. The number of hydrogen-bond donors (Lipinski definition) is 1. The largest absolute Gasteiger partial charge is 0.403 e. The second kappa shape index (κ2) is 4.28. The van der Waals surface area contributed by atoms with E-state index in [-0.39, 0.29) is 17.6 Å². The monoisotopic (exact) mass is 231 g/mol. The minimum Gasteiger partial charge on any atom is -0.403 e. The molecule has 0 atom stereocenters. The molecule has 0 aliphatic rings. The number of benzene rings is 1. The topological polar surface area (TPSA) is 118 Å². The first kappa shape index (κ1) is 10.6. The second-order valence-corrected chi connectivity index (χ2v) is 2.95. The quantitative estimate of drug-likeness (QED) is 0.368. The number of nitrogens with zero attached hydrogens (tertiary/aromatic N) is 4. The lowest BCUT2D eigenvalue weighted by Crippen LogP contribution is -1.87. The third-order valence-electron chi connectivity index (χ3n) is 1.91. The van der Waals surface area contributed by atoms with Gasteiger partial charge in [-0.2, -0.15) is 5.26 Å². The fourth-order valence-electron chi connectivity index (χ4n) is 1.16. The lowest BCUT2D eigenvalue weighted by molar-refractivity contribution is -0.384. The molecular weight excluding hydrogens is 226 g/mol. The first-order valence-electron chi connectivity index (χ1n) is 4.44. The van der Waals surface area contributed by atoms with Crippen molar-refractivity contribution in [3.63, 3.8) is 0 Å². The van der Waals surface area contributed by atoms with Crippen LogP contribution < -0.4 is 5.32 Å². The van der Waals surface area contributed by atoms with Crippen LogP contribution in [0.15, 0.2) is 28.7 Å². The Hall–Kier alpha value is -2.95. The molecule has 0 radical (unpaired) electrons. The molecule has 0 aliphatic heterocycles. The van der Waals surface area contributed by atoms with Gasteiger partial charge in [-0.25, -0.2) is 5.32 Å². The van der Waals surface area contributed by atoms with Gasteiger partial charge < -0.3 is 4.42 Å². The molecule has 1 N–H and O–H groups in total. The summed E-state index contributed by atoms with van der Waals surface area (Å²) in [5.74, 6) is 0.178. The molecule has 0 amide bonds. The number of nitrogens with one attached hydrogen (secondary N) is 1. The van der Waals surface area contributed by atoms with Gasteiger partial charge in [-0.15, -0.1) is 5.10 Å². The van der Waals surface area contributed by atoms with Crippen molar-refractivity contribution in [2.45, 2.75) is 0 Å². The van der Waals surface area contributed by atoms with E-state index in [0.717, 1.165) is 0 Å². The van der Waals surface area contributed by atoms with Crippen molar-refractivity contribution in [1.82, 2.24) is 10.2 Å². The van der Waals surface area contributed by atoms with Crippen LogP contribution in [-0.2, 0) is 0 Å². The van der Waals surface area contributed by atoms with Gasteiger partial charge in [0.05, 0.1) is 4.92 Å². The van der Waals surface area contributed by atoms with E-state index in [4.69, 9.17) is 9.68 Å². The summed E-state index contributed by atoms with van der Waals surface area (Å²) in [7, 11) is 0. The van der Waals surface area contributed by atoms with E-state index in [1.54, 1.807) is 6.19 Å². The summed E-state index contributed by atoms with van der Waals surface area (Å²) < 4.78 is 5.08. The van der Waals surface area contributed by atoms with Crippen LogP contribution in [0.3, 0.4) is 0 Å². The van der Waals surface area contributed by atoms with E-state index < -0.39 is 4.92 Å². The van der Waals surface area contributed by atoms with Gasteiger partial charge in [-0.05, 0) is 12.1 Å². The van der Waals surface area contributed by atoms with Gasteiger partial charge in [-0.1, -0.05) is 5.10 Å². The molecule has 2 rings (SSSR count). The first-order valence-corrected chi connectivity index (χ1v) is 4.44. The Labute approximate surface area is 94.7 Å². The Morgan fingerprint density at radius 2 is 2.06 bits per heavy atom. The number of nitro groups is 1. The summed E-state index contributed by atoms with van der Waals surface area (Å²) in [4.78, 5) is 9.95. The van der Waals surface area contributed by atoms with Crippen molar-refractivity contribution in [1.29, 1.82) is 5.26 Å². The molecule has 8 nitrogen and oxygen atoms in total. The van der Waals surface area contributed by atoms with Crippen LogP contribution in [0.4, 0.5) is 11.7 Å². The molecular formula is C9H5N5O3. The average Bonchev–Trinajstić information content (AvgIpc) is 2.78. The lowest BCUT2D eigenvalue weighted by Gasteiger charge is -1.93. The second-order valence-electron chi connectivity index (χ2n) is 2.95. The van der Waals surface area contributed by atoms with Crippen LogP contribution in [0, 0.1) is 21.6 Å². The molecule has 17 heavy (non-hydrogen) atoms. The Bertz CT molecular complexity index is 583. The summed E-state index contributed by atoms with van der Waals surface area (Å²) in [5, 5.41) is 28.2. The summed E-state index contributed by atoms with van der Waals surface area (Å²) in [5.41, 5.74) is 0.512. The van der Waals surface area contributed by atoms with Crippen LogP contribution in [0.5, 0.6) is 0 Å². The highest BCUT2D eigenvalue weighted by Crippen LogP contribution is 2.22. The molecule has 8 heteroatoms. The summed E-state index contributed by atoms with van der Waals surface area (Å²) in [6.07, 6.45) is 1.64. The van der Waals surface area contributed by atoms with Crippen molar-refractivity contribution in [2.24, 2.45) is 0 Å². The number of hydrogen-bond acceptors (Lipinski definition) is 7. The minimum atomic E-state index is -0.500. The molecule has 0 fully saturated rings. The van der Waals surface area contributed by atoms with Gasteiger partial charge in [-0.3, -0.25) is 10.1 Å². The fraction of sp³-hybridized carbons (Fsp3) is 0. The predicted molar refractivity (Wildman–Crippen MR) is 55.6 cm³/mol. The fourth-order valence-corrected chi connectivity index (χ4v) is 1.16. The number of rotatable bonds is 3. The zero-order chi connectivity index (χ0) is 12.3.